The van der Waals surface area contributed by atoms with Gasteiger partial charge in [0.25, 0.3) is 0 Å². The number of amides is 3. The summed E-state index contributed by atoms with van der Waals surface area (Å²) in [7, 11) is 0. The van der Waals surface area contributed by atoms with Gasteiger partial charge in [-0.2, -0.15) is 0 Å². The molecule has 1 aromatic carbocycles. The van der Waals surface area contributed by atoms with Crippen molar-refractivity contribution in [3.8, 4) is 5.75 Å². The number of carbonyl (C=O) groups is 3. The number of benzene rings is 1. The second-order valence-corrected chi connectivity index (χ2v) is 9.65. The van der Waals surface area contributed by atoms with E-state index in [1.165, 1.54) is 0 Å². The van der Waals surface area contributed by atoms with Crippen molar-refractivity contribution in [2.45, 2.75) is 58.8 Å². The quantitative estimate of drug-likeness (QED) is 0.279. The maximum atomic E-state index is 12.8. The van der Waals surface area contributed by atoms with Gasteiger partial charge in [0.15, 0.2) is 0 Å². The average molecular weight is 500 g/mol. The fourth-order valence-electron chi connectivity index (χ4n) is 5.00. The summed E-state index contributed by atoms with van der Waals surface area (Å²) in [5, 5.41) is 3.02. The Bertz CT molecular complexity index is 908. The Morgan fingerprint density at radius 3 is 2.42 bits per heavy atom. The van der Waals surface area contributed by atoms with Gasteiger partial charge in [-0.3, -0.25) is 9.59 Å². The van der Waals surface area contributed by atoms with Gasteiger partial charge in [-0.1, -0.05) is 24.6 Å². The number of rotatable bonds is 11. The molecule has 8 nitrogen and oxygen atoms in total. The molecule has 0 atom stereocenters. The molecule has 1 N–H and O–H groups in total. The number of carbonyl (C=O) groups excluding carboxylic acids is 3. The number of hydrogen-bond donors (Lipinski definition) is 1. The van der Waals surface area contributed by atoms with Crippen LogP contribution in [0.2, 0.25) is 0 Å². The molecule has 0 aromatic heterocycles. The van der Waals surface area contributed by atoms with Gasteiger partial charge in [0.2, 0.25) is 5.91 Å². The smallest absolute Gasteiger partial charge is 0.317 e. The van der Waals surface area contributed by atoms with Crippen molar-refractivity contribution in [1.82, 2.24) is 15.1 Å². The van der Waals surface area contributed by atoms with Crippen molar-refractivity contribution in [2.75, 3.05) is 45.9 Å². The third kappa shape index (κ3) is 8.00. The van der Waals surface area contributed by atoms with Gasteiger partial charge in [-0.25, -0.2) is 4.79 Å². The van der Waals surface area contributed by atoms with Gasteiger partial charge < -0.3 is 24.6 Å². The summed E-state index contributed by atoms with van der Waals surface area (Å²) >= 11 is 0. The van der Waals surface area contributed by atoms with Crippen LogP contribution in [0.25, 0.3) is 6.08 Å². The summed E-state index contributed by atoms with van der Waals surface area (Å²) in [6, 6.07) is 7.71. The summed E-state index contributed by atoms with van der Waals surface area (Å²) in [6.45, 7) is 8.31. The fourth-order valence-corrected chi connectivity index (χ4v) is 5.00. The van der Waals surface area contributed by atoms with Crippen LogP contribution >= 0.6 is 0 Å². The SMILES string of the molecule is CCOC(=O)CCCCCNC(=O)N1CCC2(CCN(C(=O)C=Cc3ccccc3OCC)CC2)C1. The monoisotopic (exact) mass is 499 g/mol. The van der Waals surface area contributed by atoms with E-state index in [2.05, 4.69) is 5.32 Å². The minimum Gasteiger partial charge on any atom is -0.493 e. The Morgan fingerprint density at radius 1 is 0.972 bits per heavy atom. The van der Waals surface area contributed by atoms with E-state index < -0.39 is 0 Å². The molecule has 2 saturated heterocycles. The summed E-state index contributed by atoms with van der Waals surface area (Å²) in [6.07, 6.45) is 9.24. The molecule has 0 bridgehead atoms. The van der Waals surface area contributed by atoms with Crippen molar-refractivity contribution in [1.29, 1.82) is 0 Å². The highest BCUT2D eigenvalue weighted by Gasteiger charge is 2.42. The molecule has 2 fully saturated rings. The van der Waals surface area contributed by atoms with Crippen molar-refractivity contribution in [2.24, 2.45) is 5.41 Å². The molecular weight excluding hydrogens is 458 g/mol. The Labute approximate surface area is 215 Å². The minimum atomic E-state index is -0.153. The molecule has 36 heavy (non-hydrogen) atoms. The Balaban J connectivity index is 1.37. The number of piperidine rings is 1. The summed E-state index contributed by atoms with van der Waals surface area (Å²) < 4.78 is 10.6. The fraction of sp³-hybridized carbons (Fsp3) is 0.607. The van der Waals surface area contributed by atoms with Crippen LogP contribution in [0.1, 0.15) is 64.4 Å². The van der Waals surface area contributed by atoms with Gasteiger partial charge in [0, 0.05) is 50.8 Å². The van der Waals surface area contributed by atoms with Gasteiger partial charge in [-0.15, -0.1) is 0 Å². The molecule has 1 spiro atoms. The highest BCUT2D eigenvalue weighted by molar-refractivity contribution is 5.92. The molecule has 2 aliphatic rings. The van der Waals surface area contributed by atoms with Crippen LogP contribution in [0.15, 0.2) is 30.3 Å². The van der Waals surface area contributed by atoms with Gasteiger partial charge in [0.05, 0.1) is 13.2 Å². The number of esters is 1. The van der Waals surface area contributed by atoms with Crippen LogP contribution in [0.3, 0.4) is 0 Å². The molecule has 0 radical (unpaired) electrons. The van der Waals surface area contributed by atoms with E-state index >= 15 is 0 Å². The molecule has 0 unspecified atom stereocenters. The van der Waals surface area contributed by atoms with E-state index in [9.17, 15) is 14.4 Å². The molecular formula is C28H41N3O5. The van der Waals surface area contributed by atoms with Crippen molar-refractivity contribution < 1.29 is 23.9 Å². The predicted molar refractivity (Wildman–Crippen MR) is 140 cm³/mol. The second-order valence-electron chi connectivity index (χ2n) is 9.65. The molecule has 3 amide bonds. The highest BCUT2D eigenvalue weighted by atomic mass is 16.5. The molecule has 3 rings (SSSR count). The number of hydrogen-bond acceptors (Lipinski definition) is 5. The third-order valence-corrected chi connectivity index (χ3v) is 7.12. The highest BCUT2D eigenvalue weighted by Crippen LogP contribution is 2.40. The molecule has 198 valence electrons. The number of unbranched alkanes of at least 4 members (excludes halogenated alkanes) is 2. The zero-order valence-electron chi connectivity index (χ0n) is 21.8. The number of nitrogens with one attached hydrogen (secondary N) is 1. The van der Waals surface area contributed by atoms with Crippen LogP contribution in [-0.4, -0.2) is 73.6 Å². The van der Waals surface area contributed by atoms with E-state index in [1.54, 1.807) is 6.08 Å². The number of likely N-dealkylation sites (tertiary alicyclic amines) is 2. The lowest BCUT2D eigenvalue weighted by atomic mass is 9.78. The molecule has 8 heteroatoms. The molecule has 0 aliphatic carbocycles. The normalized spacial score (nSPS) is 16.9. The number of ether oxygens (including phenoxy) is 2. The lowest BCUT2D eigenvalue weighted by Gasteiger charge is -2.38. The lowest BCUT2D eigenvalue weighted by Crippen LogP contribution is -2.45. The topological polar surface area (TPSA) is 88.2 Å². The van der Waals surface area contributed by atoms with Gasteiger partial charge in [-0.05, 0) is 63.5 Å². The number of para-hydroxylation sites is 1. The zero-order chi connectivity index (χ0) is 25.8. The van der Waals surface area contributed by atoms with Crippen LogP contribution in [0, 0.1) is 5.41 Å². The second kappa shape index (κ2) is 13.9. The largest absolute Gasteiger partial charge is 0.493 e. The lowest BCUT2D eigenvalue weighted by molar-refractivity contribution is -0.143. The standard InChI is InChI=1S/C28H41N3O5/c1-3-35-24-11-8-7-10-23(24)13-14-25(32)30-19-15-28(16-20-30)17-21-31(22-28)27(34)29-18-9-5-6-12-26(33)36-4-2/h7-8,10-11,13-14H,3-6,9,12,15-22H2,1-2H3,(H,29,34). The first kappa shape index (κ1) is 27.6. The van der Waals surface area contributed by atoms with E-state index in [-0.39, 0.29) is 23.3 Å². The van der Waals surface area contributed by atoms with Gasteiger partial charge in [0.1, 0.15) is 5.75 Å². The minimum absolute atomic E-state index is 0.00771. The Kier molecular flexibility index (Phi) is 10.6. The first-order valence-corrected chi connectivity index (χ1v) is 13.3. The van der Waals surface area contributed by atoms with Crippen molar-refractivity contribution >= 4 is 24.0 Å². The summed E-state index contributed by atoms with van der Waals surface area (Å²) in [5.74, 6) is 0.647. The van der Waals surface area contributed by atoms with Gasteiger partial charge >= 0.3 is 12.0 Å². The van der Waals surface area contributed by atoms with E-state index in [1.807, 2.05) is 54.0 Å². The maximum absolute atomic E-state index is 12.8. The van der Waals surface area contributed by atoms with Crippen LogP contribution < -0.4 is 10.1 Å². The Morgan fingerprint density at radius 2 is 1.69 bits per heavy atom. The van der Waals surface area contributed by atoms with E-state index in [0.717, 1.165) is 62.9 Å². The average Bonchev–Trinajstić information content (AvgIpc) is 3.29. The Hall–Kier alpha value is -3.03. The molecule has 2 heterocycles. The number of urea groups is 1. The maximum Gasteiger partial charge on any atom is 0.317 e. The van der Waals surface area contributed by atoms with E-state index in [4.69, 9.17) is 9.47 Å². The van der Waals surface area contributed by atoms with Crippen molar-refractivity contribution in [3.05, 3.63) is 35.9 Å². The third-order valence-electron chi connectivity index (χ3n) is 7.12. The molecule has 1 aromatic rings. The summed E-state index contributed by atoms with van der Waals surface area (Å²) in [4.78, 5) is 40.6. The first-order chi connectivity index (χ1) is 17.5. The molecule has 0 saturated carbocycles. The number of nitrogens with zero attached hydrogens (tertiary/aromatic N) is 2. The van der Waals surface area contributed by atoms with Crippen molar-refractivity contribution in [3.63, 3.8) is 0 Å². The van der Waals surface area contributed by atoms with Crippen LogP contribution in [-0.2, 0) is 14.3 Å². The predicted octanol–water partition coefficient (Wildman–Crippen LogP) is 4.25. The van der Waals surface area contributed by atoms with E-state index in [0.29, 0.717) is 39.3 Å². The summed E-state index contributed by atoms with van der Waals surface area (Å²) in [5.41, 5.74) is 1.01. The van der Waals surface area contributed by atoms with Crippen LogP contribution in [0.5, 0.6) is 5.75 Å². The van der Waals surface area contributed by atoms with Crippen LogP contribution in [0.4, 0.5) is 4.79 Å². The zero-order valence-corrected chi connectivity index (χ0v) is 21.8. The molecule has 2 aliphatic heterocycles. The first-order valence-electron chi connectivity index (χ1n) is 13.3.